The Morgan fingerprint density at radius 2 is 1.27 bits per heavy atom. The first-order valence-electron chi connectivity index (χ1n) is 6.05. The van der Waals surface area contributed by atoms with Crippen LogP contribution in [0.5, 0.6) is 0 Å². The van der Waals surface area contributed by atoms with Crippen molar-refractivity contribution in [1.82, 2.24) is 0 Å². The summed E-state index contributed by atoms with van der Waals surface area (Å²) in [6.45, 7) is -2.30. The van der Waals surface area contributed by atoms with E-state index in [1.165, 1.54) is 0 Å². The molecule has 0 aromatic heterocycles. The Labute approximate surface area is 140 Å². The lowest BCUT2D eigenvalue weighted by Gasteiger charge is -2.42. The van der Waals surface area contributed by atoms with Gasteiger partial charge >= 0.3 is 23.7 Å². The molecule has 0 aliphatic rings. The summed E-state index contributed by atoms with van der Waals surface area (Å²) in [4.78, 5) is 0. The maximum absolute atomic E-state index is 13.9. The highest BCUT2D eigenvalue weighted by molar-refractivity contribution is 6.30. The number of allylic oxidation sites excluding steroid dienone is 1. The van der Waals surface area contributed by atoms with Crippen LogP contribution in [-0.4, -0.2) is 48.6 Å². The highest BCUT2D eigenvalue weighted by Crippen LogP contribution is 2.59. The lowest BCUT2D eigenvalue weighted by Crippen LogP contribution is -2.73. The van der Waals surface area contributed by atoms with Crippen molar-refractivity contribution in [3.8, 4) is 0 Å². The zero-order valence-corrected chi connectivity index (χ0v) is 12.6. The Morgan fingerprint density at radius 3 is 1.58 bits per heavy atom. The molecule has 3 unspecified atom stereocenters. The molecule has 0 aromatic rings. The highest BCUT2D eigenvalue weighted by atomic mass is 35.5. The molecule has 0 bridgehead atoms. The summed E-state index contributed by atoms with van der Waals surface area (Å²) in [5.74, 6) is -20.2. The lowest BCUT2D eigenvalue weighted by atomic mass is 9.82. The first kappa shape index (κ1) is 25.1. The molecule has 0 rings (SSSR count). The Bertz CT molecular complexity index is 512. The molecule has 0 fully saturated rings. The van der Waals surface area contributed by atoms with Gasteiger partial charge in [0.2, 0.25) is 12.3 Å². The van der Waals surface area contributed by atoms with Gasteiger partial charge in [-0.2, -0.15) is 30.7 Å². The van der Waals surface area contributed by atoms with E-state index >= 15 is 0 Å². The molecule has 0 heterocycles. The summed E-state index contributed by atoms with van der Waals surface area (Å²) in [6, 6.07) is 0. The second-order valence-corrected chi connectivity index (χ2v) is 5.26. The van der Waals surface area contributed by atoms with Crippen LogP contribution in [0, 0.1) is 0 Å². The van der Waals surface area contributed by atoms with Gasteiger partial charge in [-0.25, -0.2) is 26.3 Å². The third-order valence-electron chi connectivity index (χ3n) is 3.09. The number of alkyl halides is 13. The van der Waals surface area contributed by atoms with Crippen LogP contribution < -0.4 is 0 Å². The monoisotopic (exact) mass is 440 g/mol. The van der Waals surface area contributed by atoms with E-state index in [4.69, 9.17) is 0 Å². The molecule has 0 aliphatic carbocycles. The van der Waals surface area contributed by atoms with Crippen LogP contribution in [0.2, 0.25) is 0 Å². The fraction of sp³-hybridized carbons (Fsp3) is 0.818. The molecule has 0 nitrogen and oxygen atoms in total. The number of hydrogen-bond acceptors (Lipinski definition) is 0. The predicted octanol–water partition coefficient (Wildman–Crippen LogP) is 6.25. The molecule has 156 valence electrons. The first-order chi connectivity index (χ1) is 11.4. The molecule has 0 aromatic carbocycles. The van der Waals surface area contributed by atoms with Gasteiger partial charge in [-0.3, -0.25) is 4.39 Å². The van der Waals surface area contributed by atoms with E-state index in [1.807, 2.05) is 0 Å². The molecule has 0 spiro atoms. The maximum Gasteiger partial charge on any atom is 0.434 e. The minimum Gasteiger partial charge on any atom is -0.251 e. The van der Waals surface area contributed by atoms with Gasteiger partial charge in [-0.1, -0.05) is 11.6 Å². The molecule has 26 heavy (non-hydrogen) atoms. The van der Waals surface area contributed by atoms with Crippen LogP contribution in [0.15, 0.2) is 11.4 Å². The second-order valence-electron chi connectivity index (χ2n) is 4.82. The molecule has 3 atom stereocenters. The average Bonchev–Trinajstić information content (AvgIpc) is 2.49. The predicted molar refractivity (Wildman–Crippen MR) is 60.2 cm³/mol. The average molecular weight is 441 g/mol. The van der Waals surface area contributed by atoms with Gasteiger partial charge in [-0.15, -0.1) is 0 Å². The number of hydrogen-bond donors (Lipinski definition) is 0. The molecular weight excluding hydrogens is 434 g/mol. The quantitative estimate of drug-likeness (QED) is 0.392. The molecule has 0 amide bonds. The normalized spacial score (nSPS) is 19.9. The van der Waals surface area contributed by atoms with Crippen molar-refractivity contribution in [3.63, 3.8) is 0 Å². The molecular formula is C11H7ClF14. The Kier molecular flexibility index (Phi) is 7.31. The van der Waals surface area contributed by atoms with E-state index in [-0.39, 0.29) is 0 Å². The van der Waals surface area contributed by atoms with Crippen LogP contribution in [-0.2, 0) is 0 Å². The van der Waals surface area contributed by atoms with Crippen molar-refractivity contribution in [3.05, 3.63) is 11.4 Å². The van der Waals surface area contributed by atoms with Gasteiger partial charge in [0, 0.05) is 6.42 Å². The first-order valence-corrected chi connectivity index (χ1v) is 6.43. The summed E-state index contributed by atoms with van der Waals surface area (Å²) < 4.78 is 182. The second kappa shape index (κ2) is 7.58. The minimum absolute atomic E-state index is 1.35. The Morgan fingerprint density at radius 1 is 0.846 bits per heavy atom. The number of halogens is 15. The summed E-state index contributed by atoms with van der Waals surface area (Å²) >= 11 is 4.39. The van der Waals surface area contributed by atoms with Gasteiger partial charge in [0.1, 0.15) is 6.33 Å². The lowest BCUT2D eigenvalue weighted by molar-refractivity contribution is -0.391. The van der Waals surface area contributed by atoms with Crippen LogP contribution in [0.25, 0.3) is 0 Å². The van der Waals surface area contributed by atoms with Crippen LogP contribution in [0.1, 0.15) is 6.42 Å². The van der Waals surface area contributed by atoms with Gasteiger partial charge in [0.15, 0.2) is 0 Å². The molecule has 0 radical (unpaired) electrons. The molecule has 0 N–H and O–H groups in total. The summed E-state index contributed by atoms with van der Waals surface area (Å²) in [6.07, 6.45) is -22.0. The van der Waals surface area contributed by atoms with E-state index < -0.39 is 66.4 Å². The zero-order chi connectivity index (χ0) is 21.4. The van der Waals surface area contributed by atoms with Crippen molar-refractivity contribution in [1.29, 1.82) is 0 Å². The van der Waals surface area contributed by atoms with Crippen LogP contribution >= 0.6 is 11.6 Å². The molecule has 15 heteroatoms. The summed E-state index contributed by atoms with van der Waals surface area (Å²) in [5.41, 5.74) is -7.60. The largest absolute Gasteiger partial charge is 0.434 e. The minimum atomic E-state index is -7.60. The van der Waals surface area contributed by atoms with Crippen LogP contribution in [0.4, 0.5) is 61.5 Å². The van der Waals surface area contributed by atoms with Gasteiger partial charge in [-0.05, 0) is 0 Å². The van der Waals surface area contributed by atoms with Gasteiger partial charge in [0.25, 0.3) is 5.92 Å². The van der Waals surface area contributed by atoms with Crippen LogP contribution in [0.3, 0.4) is 0 Å². The fourth-order valence-electron chi connectivity index (χ4n) is 1.70. The highest BCUT2D eigenvalue weighted by Gasteiger charge is 2.88. The van der Waals surface area contributed by atoms with Gasteiger partial charge < -0.3 is 0 Å². The van der Waals surface area contributed by atoms with E-state index in [0.29, 0.717) is 0 Å². The number of rotatable bonds is 8. The standard InChI is InChI=1S/C11H7ClF14/c12-4(3-14)5(15)8(19,20)10(23,11(24,25)26)9(21,22)6(16)7(17,18)1-2-13/h3,5-6H,1-2H2. The van der Waals surface area contributed by atoms with Crippen molar-refractivity contribution < 1.29 is 61.5 Å². The zero-order valence-electron chi connectivity index (χ0n) is 11.8. The molecule has 0 aliphatic heterocycles. The van der Waals surface area contributed by atoms with E-state index in [1.54, 1.807) is 0 Å². The van der Waals surface area contributed by atoms with E-state index in [2.05, 4.69) is 11.6 Å². The van der Waals surface area contributed by atoms with E-state index in [9.17, 15) is 61.5 Å². The topological polar surface area (TPSA) is 0 Å². The Balaban J connectivity index is 6.59. The SMILES string of the molecule is FC=C(Cl)C(F)C(F)(F)C(F)(C(F)(F)F)C(F)(F)C(F)C(F)(F)CCF. The molecule has 0 saturated carbocycles. The summed E-state index contributed by atoms with van der Waals surface area (Å²) in [7, 11) is 0. The molecule has 0 saturated heterocycles. The van der Waals surface area contributed by atoms with Crippen molar-refractivity contribution >= 4 is 11.6 Å². The Hall–Kier alpha value is -0.950. The third kappa shape index (κ3) is 3.84. The maximum atomic E-state index is 13.9. The fourth-order valence-corrected chi connectivity index (χ4v) is 1.83. The van der Waals surface area contributed by atoms with Crippen molar-refractivity contribution in [2.75, 3.05) is 6.67 Å². The van der Waals surface area contributed by atoms with Crippen molar-refractivity contribution in [2.45, 2.75) is 48.4 Å². The third-order valence-corrected chi connectivity index (χ3v) is 3.36. The van der Waals surface area contributed by atoms with Gasteiger partial charge in [0.05, 0.1) is 11.7 Å². The smallest absolute Gasteiger partial charge is 0.251 e. The summed E-state index contributed by atoms with van der Waals surface area (Å²) in [5, 5.41) is -2.54. The van der Waals surface area contributed by atoms with E-state index in [0.717, 1.165) is 0 Å². The van der Waals surface area contributed by atoms with Crippen molar-refractivity contribution in [2.24, 2.45) is 0 Å².